The largest absolute Gasteiger partial charge is 0.469 e. The van der Waals surface area contributed by atoms with Crippen LogP contribution in [-0.2, 0) is 11.8 Å². The van der Waals surface area contributed by atoms with E-state index in [2.05, 4.69) is 21.7 Å². The first-order chi connectivity index (χ1) is 13.2. The van der Waals surface area contributed by atoms with E-state index in [1.807, 2.05) is 54.7 Å². The predicted molar refractivity (Wildman–Crippen MR) is 103 cm³/mol. The van der Waals surface area contributed by atoms with Crippen LogP contribution in [0.25, 0.3) is 0 Å². The number of carbonyl (C=O) groups is 1. The van der Waals surface area contributed by atoms with Crippen LogP contribution in [-0.4, -0.2) is 33.4 Å². The van der Waals surface area contributed by atoms with Crippen molar-refractivity contribution < 1.29 is 9.21 Å². The Morgan fingerprint density at radius 2 is 1.96 bits per heavy atom. The maximum absolute atomic E-state index is 13.0. The standard InChI is InChI=1S/C22H25N3O2/c1-24-14-11-23-22(24)18-9-12-25(13-10-18)21(26)16-19(20-8-5-15-27-20)17-6-3-2-4-7-17/h2-8,11,14-15,18-19H,9-10,12-13,16H2,1H3/t19-/m1/s1. The van der Waals surface area contributed by atoms with Crippen molar-refractivity contribution in [3.05, 3.63) is 78.3 Å². The first-order valence-corrected chi connectivity index (χ1v) is 9.55. The average Bonchev–Trinajstić information content (AvgIpc) is 3.38. The summed E-state index contributed by atoms with van der Waals surface area (Å²) in [6.07, 6.45) is 7.88. The van der Waals surface area contributed by atoms with Crippen LogP contribution in [0, 0.1) is 0 Å². The molecule has 0 unspecified atom stereocenters. The molecule has 27 heavy (non-hydrogen) atoms. The van der Waals surface area contributed by atoms with Crippen molar-refractivity contribution in [3.8, 4) is 0 Å². The number of rotatable bonds is 5. The minimum Gasteiger partial charge on any atom is -0.469 e. The topological polar surface area (TPSA) is 51.3 Å². The molecule has 1 aliphatic rings. The summed E-state index contributed by atoms with van der Waals surface area (Å²) in [5, 5.41) is 0. The lowest BCUT2D eigenvalue weighted by Gasteiger charge is -2.32. The number of aromatic nitrogens is 2. The quantitative estimate of drug-likeness (QED) is 0.690. The molecular weight excluding hydrogens is 338 g/mol. The lowest BCUT2D eigenvalue weighted by Crippen LogP contribution is -2.39. The second kappa shape index (κ2) is 7.82. The molecule has 0 saturated carbocycles. The van der Waals surface area contributed by atoms with Crippen LogP contribution in [0.3, 0.4) is 0 Å². The molecule has 4 rings (SSSR count). The maximum atomic E-state index is 13.0. The third kappa shape index (κ3) is 3.82. The molecule has 1 amide bonds. The van der Waals surface area contributed by atoms with Crippen molar-refractivity contribution in [2.75, 3.05) is 13.1 Å². The molecule has 0 aliphatic carbocycles. The van der Waals surface area contributed by atoms with Crippen LogP contribution in [0.1, 0.15) is 48.2 Å². The molecule has 1 aromatic carbocycles. The summed E-state index contributed by atoms with van der Waals surface area (Å²) in [5.74, 6) is 2.56. The predicted octanol–water partition coefficient (Wildman–Crippen LogP) is 3.94. The Labute approximate surface area is 159 Å². The average molecular weight is 363 g/mol. The third-order valence-electron chi connectivity index (χ3n) is 5.54. The zero-order valence-corrected chi connectivity index (χ0v) is 15.6. The van der Waals surface area contributed by atoms with Gasteiger partial charge < -0.3 is 13.9 Å². The number of likely N-dealkylation sites (tertiary alicyclic amines) is 1. The zero-order chi connectivity index (χ0) is 18.6. The number of carbonyl (C=O) groups excluding carboxylic acids is 1. The molecule has 1 fully saturated rings. The number of benzene rings is 1. The van der Waals surface area contributed by atoms with Gasteiger partial charge in [-0.05, 0) is 30.5 Å². The van der Waals surface area contributed by atoms with Gasteiger partial charge in [0.25, 0.3) is 0 Å². The van der Waals surface area contributed by atoms with E-state index in [1.54, 1.807) is 6.26 Å². The highest BCUT2D eigenvalue weighted by molar-refractivity contribution is 5.77. The molecule has 0 N–H and O–H groups in total. The second-order valence-corrected chi connectivity index (χ2v) is 7.23. The van der Waals surface area contributed by atoms with E-state index in [9.17, 15) is 4.79 Å². The van der Waals surface area contributed by atoms with E-state index < -0.39 is 0 Å². The molecule has 140 valence electrons. The van der Waals surface area contributed by atoms with Gasteiger partial charge >= 0.3 is 0 Å². The Hall–Kier alpha value is -2.82. The Morgan fingerprint density at radius 3 is 2.59 bits per heavy atom. The Bertz CT molecular complexity index is 862. The molecule has 0 bridgehead atoms. The number of hydrogen-bond acceptors (Lipinski definition) is 3. The van der Waals surface area contributed by atoms with Gasteiger partial charge in [0.2, 0.25) is 5.91 Å². The minimum atomic E-state index is -0.0408. The molecule has 0 radical (unpaired) electrons. The van der Waals surface area contributed by atoms with E-state index in [0.717, 1.165) is 43.1 Å². The van der Waals surface area contributed by atoms with Crippen LogP contribution >= 0.6 is 0 Å². The first kappa shape index (κ1) is 17.6. The number of nitrogens with zero attached hydrogens (tertiary/aromatic N) is 3. The van der Waals surface area contributed by atoms with Gasteiger partial charge in [0, 0.05) is 44.9 Å². The van der Waals surface area contributed by atoms with E-state index in [1.165, 1.54) is 0 Å². The van der Waals surface area contributed by atoms with Crippen molar-refractivity contribution in [1.82, 2.24) is 14.5 Å². The van der Waals surface area contributed by atoms with Gasteiger partial charge in [0.15, 0.2) is 0 Å². The smallest absolute Gasteiger partial charge is 0.223 e. The fourth-order valence-electron chi connectivity index (χ4n) is 4.02. The number of hydrogen-bond donors (Lipinski definition) is 0. The van der Waals surface area contributed by atoms with Crippen molar-refractivity contribution in [2.45, 2.75) is 31.1 Å². The Kier molecular flexibility index (Phi) is 5.10. The Morgan fingerprint density at radius 1 is 1.19 bits per heavy atom. The highest BCUT2D eigenvalue weighted by atomic mass is 16.3. The molecule has 1 aliphatic heterocycles. The summed E-state index contributed by atoms with van der Waals surface area (Å²) < 4.78 is 7.72. The normalized spacial score (nSPS) is 16.4. The van der Waals surface area contributed by atoms with Gasteiger partial charge in [0.1, 0.15) is 11.6 Å². The summed E-state index contributed by atoms with van der Waals surface area (Å²) in [6, 6.07) is 14.0. The molecule has 1 saturated heterocycles. The molecule has 0 spiro atoms. The number of imidazole rings is 1. The van der Waals surface area contributed by atoms with Gasteiger partial charge in [0.05, 0.1) is 12.2 Å². The lowest BCUT2D eigenvalue weighted by molar-refractivity contribution is -0.132. The van der Waals surface area contributed by atoms with Gasteiger partial charge in [-0.25, -0.2) is 4.98 Å². The molecule has 3 aromatic rings. The van der Waals surface area contributed by atoms with E-state index >= 15 is 0 Å². The number of amides is 1. The highest BCUT2D eigenvalue weighted by Crippen LogP contribution is 2.31. The molecule has 3 heterocycles. The van der Waals surface area contributed by atoms with Crippen LogP contribution < -0.4 is 0 Å². The SMILES string of the molecule is Cn1ccnc1C1CCN(C(=O)C[C@H](c2ccccc2)c2ccco2)CC1. The number of furan rings is 1. The summed E-state index contributed by atoms with van der Waals surface area (Å²) in [5.41, 5.74) is 1.11. The summed E-state index contributed by atoms with van der Waals surface area (Å²) >= 11 is 0. The van der Waals surface area contributed by atoms with Crippen LogP contribution in [0.5, 0.6) is 0 Å². The van der Waals surface area contributed by atoms with E-state index in [-0.39, 0.29) is 11.8 Å². The molecule has 5 nitrogen and oxygen atoms in total. The second-order valence-electron chi connectivity index (χ2n) is 7.23. The third-order valence-corrected chi connectivity index (χ3v) is 5.54. The van der Waals surface area contributed by atoms with Gasteiger partial charge in [-0.3, -0.25) is 4.79 Å². The van der Waals surface area contributed by atoms with Crippen molar-refractivity contribution in [2.24, 2.45) is 7.05 Å². The van der Waals surface area contributed by atoms with E-state index in [0.29, 0.717) is 12.3 Å². The van der Waals surface area contributed by atoms with Gasteiger partial charge in [-0.2, -0.15) is 0 Å². The molecule has 5 heteroatoms. The van der Waals surface area contributed by atoms with Crippen LogP contribution in [0.4, 0.5) is 0 Å². The molecule has 2 aromatic heterocycles. The zero-order valence-electron chi connectivity index (χ0n) is 15.6. The maximum Gasteiger partial charge on any atom is 0.223 e. The van der Waals surface area contributed by atoms with Crippen molar-refractivity contribution in [1.29, 1.82) is 0 Å². The fourth-order valence-corrected chi connectivity index (χ4v) is 4.02. The van der Waals surface area contributed by atoms with Crippen LogP contribution in [0.2, 0.25) is 0 Å². The van der Waals surface area contributed by atoms with Gasteiger partial charge in [-0.15, -0.1) is 0 Å². The van der Waals surface area contributed by atoms with Crippen molar-refractivity contribution in [3.63, 3.8) is 0 Å². The number of aryl methyl sites for hydroxylation is 1. The summed E-state index contributed by atoms with van der Waals surface area (Å²) in [6.45, 7) is 1.58. The highest BCUT2D eigenvalue weighted by Gasteiger charge is 2.28. The molecular formula is C22H25N3O2. The fraction of sp³-hybridized carbons (Fsp3) is 0.364. The van der Waals surface area contributed by atoms with E-state index in [4.69, 9.17) is 4.42 Å². The number of piperidine rings is 1. The van der Waals surface area contributed by atoms with Crippen molar-refractivity contribution >= 4 is 5.91 Å². The monoisotopic (exact) mass is 363 g/mol. The first-order valence-electron chi connectivity index (χ1n) is 9.55. The Balaban J connectivity index is 1.43. The lowest BCUT2D eigenvalue weighted by atomic mass is 9.91. The summed E-state index contributed by atoms with van der Waals surface area (Å²) in [7, 11) is 2.04. The van der Waals surface area contributed by atoms with Gasteiger partial charge in [-0.1, -0.05) is 30.3 Å². The molecule has 1 atom stereocenters. The summed E-state index contributed by atoms with van der Waals surface area (Å²) in [4.78, 5) is 19.5. The van der Waals surface area contributed by atoms with Crippen LogP contribution in [0.15, 0.2) is 65.5 Å². The minimum absolute atomic E-state index is 0.0408.